The Bertz CT molecular complexity index is 835. The zero-order valence-corrected chi connectivity index (χ0v) is 16.4. The van der Waals surface area contributed by atoms with Crippen molar-refractivity contribution in [3.8, 4) is 0 Å². The molecule has 0 bridgehead atoms. The first-order chi connectivity index (χ1) is 11.8. The minimum atomic E-state index is -0.0729. The Morgan fingerprint density at radius 2 is 2.28 bits per heavy atom. The monoisotopic (exact) mass is 377 g/mol. The van der Waals surface area contributed by atoms with Gasteiger partial charge in [-0.1, -0.05) is 25.6 Å². The molecule has 0 radical (unpaired) electrons. The second-order valence-corrected chi connectivity index (χ2v) is 10.3. The van der Waals surface area contributed by atoms with Crippen LogP contribution in [0, 0.1) is 23.7 Å². The molecule has 3 heterocycles. The van der Waals surface area contributed by atoms with Crippen molar-refractivity contribution < 1.29 is 9.90 Å². The van der Waals surface area contributed by atoms with Crippen molar-refractivity contribution in [2.24, 2.45) is 16.7 Å². The molecule has 2 fully saturated rings. The standard InChI is InChI=1S/C18H23N3O2S2/c1-11-4-12-15(19-10-20-16(12)25-11)24-6-14(23)21-5-13-17(2,3)7-18(13,8-21)9-22/h4,10,13,22H,5-9H2,1-3H3/t13-,18-/m1/s1. The molecule has 2 atom stereocenters. The molecule has 1 amide bonds. The second-order valence-electron chi connectivity index (χ2n) is 8.06. The maximum atomic E-state index is 12.7. The minimum absolute atomic E-state index is 0.0729. The van der Waals surface area contributed by atoms with Crippen molar-refractivity contribution >= 4 is 39.2 Å². The molecule has 2 aliphatic rings. The smallest absolute Gasteiger partial charge is 0.233 e. The zero-order valence-electron chi connectivity index (χ0n) is 14.8. The van der Waals surface area contributed by atoms with Gasteiger partial charge in [-0.25, -0.2) is 9.97 Å². The van der Waals surface area contributed by atoms with E-state index >= 15 is 0 Å². The van der Waals surface area contributed by atoms with Crippen LogP contribution >= 0.6 is 23.1 Å². The number of thiophene rings is 1. The van der Waals surface area contributed by atoms with E-state index in [1.165, 1.54) is 16.6 Å². The van der Waals surface area contributed by atoms with Crippen LogP contribution in [0.15, 0.2) is 17.4 Å². The number of likely N-dealkylation sites (tertiary alicyclic amines) is 1. The van der Waals surface area contributed by atoms with Gasteiger partial charge in [0.05, 0.1) is 12.4 Å². The summed E-state index contributed by atoms with van der Waals surface area (Å²) in [7, 11) is 0. The van der Waals surface area contributed by atoms with Crippen molar-refractivity contribution in [2.45, 2.75) is 32.2 Å². The predicted octanol–water partition coefficient (Wildman–Crippen LogP) is 2.96. The third-order valence-corrected chi connectivity index (χ3v) is 7.76. The van der Waals surface area contributed by atoms with Crippen LogP contribution in [0.1, 0.15) is 25.1 Å². The number of aliphatic hydroxyl groups excluding tert-OH is 1. The fraction of sp³-hybridized carbons (Fsp3) is 0.611. The van der Waals surface area contributed by atoms with E-state index in [-0.39, 0.29) is 23.3 Å². The van der Waals surface area contributed by atoms with Gasteiger partial charge in [0.25, 0.3) is 0 Å². The van der Waals surface area contributed by atoms with E-state index in [9.17, 15) is 9.90 Å². The van der Waals surface area contributed by atoms with Gasteiger partial charge < -0.3 is 10.0 Å². The van der Waals surface area contributed by atoms with E-state index in [1.807, 2.05) is 4.90 Å². The van der Waals surface area contributed by atoms with Gasteiger partial charge in [-0.2, -0.15) is 0 Å². The van der Waals surface area contributed by atoms with Crippen molar-refractivity contribution in [3.63, 3.8) is 0 Å². The topological polar surface area (TPSA) is 66.3 Å². The predicted molar refractivity (Wildman–Crippen MR) is 101 cm³/mol. The Morgan fingerprint density at radius 3 is 2.96 bits per heavy atom. The molecule has 0 unspecified atom stereocenters. The van der Waals surface area contributed by atoms with Crippen molar-refractivity contribution in [1.82, 2.24) is 14.9 Å². The Morgan fingerprint density at radius 1 is 1.48 bits per heavy atom. The summed E-state index contributed by atoms with van der Waals surface area (Å²) >= 11 is 3.14. The third-order valence-electron chi connectivity index (χ3n) is 5.81. The van der Waals surface area contributed by atoms with E-state index in [0.717, 1.165) is 28.2 Å². The van der Waals surface area contributed by atoms with Gasteiger partial charge in [0.1, 0.15) is 16.2 Å². The molecule has 2 aromatic heterocycles. The highest BCUT2D eigenvalue weighted by Crippen LogP contribution is 2.62. The van der Waals surface area contributed by atoms with E-state index < -0.39 is 0 Å². The highest BCUT2D eigenvalue weighted by Gasteiger charge is 2.62. The molecular formula is C18H23N3O2S2. The molecule has 5 nitrogen and oxygen atoms in total. The summed E-state index contributed by atoms with van der Waals surface area (Å²) in [6, 6.07) is 2.09. The van der Waals surface area contributed by atoms with Crippen LogP contribution < -0.4 is 0 Å². The summed E-state index contributed by atoms with van der Waals surface area (Å²) in [4.78, 5) is 25.5. The van der Waals surface area contributed by atoms with E-state index in [1.54, 1.807) is 17.7 Å². The molecule has 1 N–H and O–H groups in total. The highest BCUT2D eigenvalue weighted by molar-refractivity contribution is 8.00. The lowest BCUT2D eigenvalue weighted by Gasteiger charge is -2.55. The Balaban J connectivity index is 1.45. The van der Waals surface area contributed by atoms with Gasteiger partial charge in [-0.3, -0.25) is 4.79 Å². The number of carbonyl (C=O) groups excluding carboxylic acids is 1. The number of nitrogens with zero attached hydrogens (tertiary/aromatic N) is 3. The summed E-state index contributed by atoms with van der Waals surface area (Å²) < 4.78 is 0. The molecule has 4 rings (SSSR count). The van der Waals surface area contributed by atoms with Gasteiger partial charge >= 0.3 is 0 Å². The molecule has 1 saturated heterocycles. The van der Waals surface area contributed by atoms with E-state index in [0.29, 0.717) is 18.2 Å². The van der Waals surface area contributed by atoms with Gasteiger partial charge in [-0.15, -0.1) is 11.3 Å². The fourth-order valence-corrected chi connectivity index (χ4v) is 6.61. The maximum Gasteiger partial charge on any atom is 0.233 e. The summed E-state index contributed by atoms with van der Waals surface area (Å²) in [5.41, 5.74) is 0.147. The molecule has 0 aromatic carbocycles. The van der Waals surface area contributed by atoms with Crippen LogP contribution in [-0.2, 0) is 4.79 Å². The molecule has 0 spiro atoms. The quantitative estimate of drug-likeness (QED) is 0.655. The highest BCUT2D eigenvalue weighted by atomic mass is 32.2. The van der Waals surface area contributed by atoms with Crippen LogP contribution in [0.5, 0.6) is 0 Å². The molecule has 25 heavy (non-hydrogen) atoms. The van der Waals surface area contributed by atoms with Gasteiger partial charge in [0, 0.05) is 28.8 Å². The van der Waals surface area contributed by atoms with Crippen LogP contribution in [0.3, 0.4) is 0 Å². The number of amides is 1. The van der Waals surface area contributed by atoms with E-state index in [4.69, 9.17) is 0 Å². The first-order valence-corrected chi connectivity index (χ1v) is 10.4. The first kappa shape index (κ1) is 17.2. The number of aryl methyl sites for hydroxylation is 1. The molecule has 134 valence electrons. The van der Waals surface area contributed by atoms with Crippen LogP contribution in [0.4, 0.5) is 0 Å². The normalized spacial score (nSPS) is 27.4. The minimum Gasteiger partial charge on any atom is -0.396 e. The Hall–Kier alpha value is -1.18. The van der Waals surface area contributed by atoms with Crippen LogP contribution in [-0.4, -0.2) is 51.3 Å². The Kier molecular flexibility index (Phi) is 4.09. The second kappa shape index (κ2) is 5.93. The molecule has 1 aliphatic carbocycles. The zero-order chi connectivity index (χ0) is 17.8. The number of hydrogen-bond acceptors (Lipinski definition) is 6. The number of thioether (sulfide) groups is 1. The molecule has 1 aliphatic heterocycles. The average Bonchev–Trinajstić information content (AvgIpc) is 3.10. The van der Waals surface area contributed by atoms with Crippen molar-refractivity contribution in [2.75, 3.05) is 25.4 Å². The molecule has 2 aromatic rings. The van der Waals surface area contributed by atoms with Crippen molar-refractivity contribution in [3.05, 3.63) is 17.3 Å². The van der Waals surface area contributed by atoms with Crippen LogP contribution in [0.2, 0.25) is 0 Å². The van der Waals surface area contributed by atoms with Gasteiger partial charge in [-0.05, 0) is 30.7 Å². The number of rotatable bonds is 4. The summed E-state index contributed by atoms with van der Waals surface area (Å²) in [6.45, 7) is 8.17. The lowest BCUT2D eigenvalue weighted by molar-refractivity contribution is -0.128. The first-order valence-electron chi connectivity index (χ1n) is 8.57. The average molecular weight is 378 g/mol. The lowest BCUT2D eigenvalue weighted by Crippen LogP contribution is -2.54. The number of carbonyl (C=O) groups is 1. The number of hydrogen-bond donors (Lipinski definition) is 1. The largest absolute Gasteiger partial charge is 0.396 e. The number of aromatic nitrogens is 2. The fourth-order valence-electron chi connectivity index (χ4n) is 4.82. The third kappa shape index (κ3) is 2.76. The number of aliphatic hydroxyl groups is 1. The lowest BCUT2D eigenvalue weighted by atomic mass is 9.48. The molecular weight excluding hydrogens is 354 g/mol. The Labute approximate surface area is 155 Å². The van der Waals surface area contributed by atoms with Gasteiger partial charge in [0.2, 0.25) is 5.91 Å². The van der Waals surface area contributed by atoms with Crippen molar-refractivity contribution in [1.29, 1.82) is 0 Å². The summed E-state index contributed by atoms with van der Waals surface area (Å²) in [5, 5.41) is 11.8. The molecule has 7 heteroatoms. The maximum absolute atomic E-state index is 12.7. The summed E-state index contributed by atoms with van der Waals surface area (Å²) in [6.07, 6.45) is 2.57. The van der Waals surface area contributed by atoms with Crippen LogP contribution in [0.25, 0.3) is 10.2 Å². The SMILES string of the molecule is Cc1cc2c(SCC(=O)N3C[C@@H]4C(C)(C)C[C@]4(CO)C3)ncnc2s1. The summed E-state index contributed by atoms with van der Waals surface area (Å²) in [5.74, 6) is 0.932. The van der Waals surface area contributed by atoms with E-state index in [2.05, 4.69) is 36.8 Å². The molecule has 1 saturated carbocycles. The number of fused-ring (bicyclic) bond motifs is 2. The van der Waals surface area contributed by atoms with Gasteiger partial charge in [0.15, 0.2) is 0 Å².